The van der Waals surface area contributed by atoms with Gasteiger partial charge in [-0.05, 0) is 31.0 Å². The summed E-state index contributed by atoms with van der Waals surface area (Å²) < 4.78 is 53.6. The van der Waals surface area contributed by atoms with Gasteiger partial charge in [-0.25, -0.2) is 4.39 Å². The maximum atomic E-state index is 13.6. The number of hydrogen-bond donors (Lipinski definition) is 0. The summed E-state index contributed by atoms with van der Waals surface area (Å²) in [6.07, 6.45) is -5.68. The Morgan fingerprint density at radius 3 is 2.88 bits per heavy atom. The van der Waals surface area contributed by atoms with Crippen LogP contribution in [0.4, 0.5) is 4.39 Å². The van der Waals surface area contributed by atoms with Gasteiger partial charge < -0.3 is 9.47 Å². The average molecular weight is 230 g/mol. The minimum absolute atomic E-state index is 0.0780. The van der Waals surface area contributed by atoms with Crippen molar-refractivity contribution in [3.63, 3.8) is 0 Å². The van der Waals surface area contributed by atoms with Gasteiger partial charge in [-0.1, -0.05) is 6.07 Å². The van der Waals surface area contributed by atoms with Gasteiger partial charge in [0.15, 0.2) is 11.6 Å². The fourth-order valence-electron chi connectivity index (χ4n) is 1.03. The molecule has 0 aliphatic rings. The molecule has 0 bridgehead atoms. The van der Waals surface area contributed by atoms with Crippen LogP contribution in [0.15, 0.2) is 18.2 Å². The van der Waals surface area contributed by atoms with E-state index in [9.17, 15) is 9.18 Å². The Morgan fingerprint density at radius 1 is 1.56 bits per heavy atom. The Bertz CT molecular complexity index is 505. The van der Waals surface area contributed by atoms with Crippen LogP contribution in [0.2, 0.25) is 0 Å². The molecule has 3 nitrogen and oxygen atoms in total. The van der Waals surface area contributed by atoms with Gasteiger partial charge in [0, 0.05) is 11.9 Å². The van der Waals surface area contributed by atoms with E-state index in [2.05, 4.69) is 4.74 Å². The highest BCUT2D eigenvalue weighted by Crippen LogP contribution is 2.18. The van der Waals surface area contributed by atoms with Gasteiger partial charge in [0.1, 0.15) is 0 Å². The van der Waals surface area contributed by atoms with Crippen molar-refractivity contribution in [2.24, 2.45) is 0 Å². The molecule has 0 saturated heterocycles. The lowest BCUT2D eigenvalue weighted by molar-refractivity contribution is -0.143. The third-order valence-corrected chi connectivity index (χ3v) is 1.74. The van der Waals surface area contributed by atoms with Crippen LogP contribution in [0.25, 0.3) is 0 Å². The van der Waals surface area contributed by atoms with E-state index in [1.54, 1.807) is 0 Å². The van der Waals surface area contributed by atoms with Crippen molar-refractivity contribution in [3.8, 4) is 5.75 Å². The van der Waals surface area contributed by atoms with Gasteiger partial charge in [0.05, 0.1) is 13.7 Å². The van der Waals surface area contributed by atoms with Crippen molar-refractivity contribution in [3.05, 3.63) is 29.6 Å². The summed E-state index contributed by atoms with van der Waals surface area (Å²) in [7, 11) is 1.25. The molecule has 0 saturated carbocycles. The number of ether oxygens (including phenoxy) is 2. The van der Waals surface area contributed by atoms with Crippen molar-refractivity contribution in [2.45, 2.75) is 19.7 Å². The Kier molecular flexibility index (Phi) is 2.92. The van der Waals surface area contributed by atoms with Crippen LogP contribution >= 0.6 is 0 Å². The zero-order valence-corrected chi connectivity index (χ0v) is 9.04. The van der Waals surface area contributed by atoms with Crippen molar-refractivity contribution < 1.29 is 24.1 Å². The minimum Gasteiger partial charge on any atom is -0.494 e. The predicted molar refractivity (Wildman–Crippen MR) is 57.9 cm³/mol. The van der Waals surface area contributed by atoms with E-state index in [0.29, 0.717) is 0 Å². The van der Waals surface area contributed by atoms with Gasteiger partial charge in [0.2, 0.25) is 0 Å². The number of esters is 1. The topological polar surface area (TPSA) is 35.5 Å². The summed E-state index contributed by atoms with van der Waals surface area (Å²) in [4.78, 5) is 11.5. The van der Waals surface area contributed by atoms with E-state index in [-0.39, 0.29) is 17.9 Å². The van der Waals surface area contributed by atoms with Crippen molar-refractivity contribution >= 4 is 5.97 Å². The van der Waals surface area contributed by atoms with Crippen LogP contribution in [-0.2, 0) is 15.9 Å². The van der Waals surface area contributed by atoms with Crippen molar-refractivity contribution in [1.82, 2.24) is 0 Å². The summed E-state index contributed by atoms with van der Waals surface area (Å²) in [5, 5.41) is 0. The monoisotopic (exact) mass is 230 g/mol. The third kappa shape index (κ3) is 3.53. The van der Waals surface area contributed by atoms with E-state index < -0.39 is 24.5 Å². The van der Waals surface area contributed by atoms with E-state index in [1.807, 2.05) is 0 Å². The largest absolute Gasteiger partial charge is 0.494 e. The second-order valence-corrected chi connectivity index (χ2v) is 2.82. The maximum absolute atomic E-state index is 13.6. The number of methoxy groups -OCH3 is 1. The summed E-state index contributed by atoms with van der Waals surface area (Å²) >= 11 is 0. The number of aryl methyl sites for hydroxylation is 1. The molecule has 1 aromatic rings. The number of hydrogen-bond acceptors (Lipinski definition) is 3. The molecule has 0 fully saturated rings. The number of rotatable bonds is 5. The zero-order valence-electron chi connectivity index (χ0n) is 13.0. The number of halogens is 1. The van der Waals surface area contributed by atoms with Crippen molar-refractivity contribution in [2.75, 3.05) is 13.7 Å². The zero-order chi connectivity index (χ0) is 15.6. The SMILES string of the molecule is [2H]C([2H])(C(=O)OCC)C([2H])([2H])c1ccc(OC)c(F)c1. The first-order valence-electron chi connectivity index (χ1n) is 6.69. The third-order valence-electron chi connectivity index (χ3n) is 1.74. The first-order chi connectivity index (χ1) is 9.18. The van der Waals surface area contributed by atoms with Crippen LogP contribution in [0.5, 0.6) is 5.75 Å². The Balaban J connectivity index is 3.21. The molecule has 0 aromatic heterocycles. The first-order valence-corrected chi connectivity index (χ1v) is 4.69. The molecule has 0 aliphatic heterocycles. The number of carbonyl (C=O) groups excluding carboxylic acids is 1. The number of carbonyl (C=O) groups is 1. The lowest BCUT2D eigenvalue weighted by atomic mass is 10.1. The average Bonchev–Trinajstić information content (AvgIpc) is 2.38. The molecule has 0 aliphatic carbocycles. The van der Waals surface area contributed by atoms with Gasteiger partial charge in [-0.2, -0.15) is 0 Å². The van der Waals surface area contributed by atoms with Crippen LogP contribution in [0.3, 0.4) is 0 Å². The lowest BCUT2D eigenvalue weighted by Crippen LogP contribution is -2.05. The fourth-order valence-corrected chi connectivity index (χ4v) is 1.03. The summed E-state index contributed by atoms with van der Waals surface area (Å²) in [5.74, 6) is -2.27. The second kappa shape index (κ2) is 6.10. The molecule has 4 heteroatoms. The quantitative estimate of drug-likeness (QED) is 0.728. The Morgan fingerprint density at radius 2 is 2.31 bits per heavy atom. The first kappa shape index (κ1) is 7.65. The van der Waals surface area contributed by atoms with E-state index >= 15 is 0 Å². The van der Waals surface area contributed by atoms with E-state index in [4.69, 9.17) is 10.2 Å². The number of benzene rings is 1. The summed E-state index contributed by atoms with van der Waals surface area (Å²) in [5.41, 5.74) is -0.311. The Hall–Kier alpha value is -1.58. The van der Waals surface area contributed by atoms with E-state index in [0.717, 1.165) is 6.07 Å². The molecule has 88 valence electrons. The second-order valence-electron chi connectivity index (χ2n) is 2.82. The van der Waals surface area contributed by atoms with Gasteiger partial charge in [-0.15, -0.1) is 0 Å². The molecule has 16 heavy (non-hydrogen) atoms. The van der Waals surface area contributed by atoms with Crippen molar-refractivity contribution in [1.29, 1.82) is 0 Å². The summed E-state index contributed by atoms with van der Waals surface area (Å²) in [6.45, 7) is 1.40. The molecular weight excluding hydrogens is 211 g/mol. The summed E-state index contributed by atoms with van der Waals surface area (Å²) in [6, 6.07) is 3.14. The van der Waals surface area contributed by atoms with Crippen LogP contribution in [0.1, 0.15) is 24.3 Å². The highest BCUT2D eigenvalue weighted by Gasteiger charge is 2.06. The molecule has 0 radical (unpaired) electrons. The Labute approximate surface area is 99.8 Å². The molecule has 0 heterocycles. The van der Waals surface area contributed by atoms with E-state index in [1.165, 1.54) is 26.2 Å². The normalized spacial score (nSPS) is 15.4. The van der Waals surface area contributed by atoms with Crippen LogP contribution in [-0.4, -0.2) is 19.7 Å². The molecule has 0 unspecified atom stereocenters. The molecule has 1 rings (SSSR count). The smallest absolute Gasteiger partial charge is 0.306 e. The standard InChI is InChI=1S/C12H15FO3/c1-3-16-12(14)7-5-9-4-6-11(15-2)10(13)8-9/h4,6,8H,3,5,7H2,1-2H3/i5D2,7D2. The van der Waals surface area contributed by atoms with Crippen LogP contribution in [0, 0.1) is 5.82 Å². The maximum Gasteiger partial charge on any atom is 0.306 e. The molecule has 1 aromatic carbocycles. The van der Waals surface area contributed by atoms with Gasteiger partial charge in [0.25, 0.3) is 0 Å². The molecular formula is C12H15FO3. The molecule has 0 amide bonds. The van der Waals surface area contributed by atoms with Gasteiger partial charge in [-0.3, -0.25) is 4.79 Å². The highest BCUT2D eigenvalue weighted by molar-refractivity contribution is 5.69. The molecule has 0 spiro atoms. The highest BCUT2D eigenvalue weighted by atomic mass is 19.1. The molecule has 0 atom stereocenters. The molecule has 0 N–H and O–H groups in total. The minimum atomic E-state index is -2.94. The fraction of sp³-hybridized carbons (Fsp3) is 0.417. The van der Waals surface area contributed by atoms with Gasteiger partial charge >= 0.3 is 5.97 Å². The lowest BCUT2D eigenvalue weighted by Gasteiger charge is -2.05. The predicted octanol–water partition coefficient (Wildman–Crippen LogP) is 2.33. The van der Waals surface area contributed by atoms with Crippen LogP contribution < -0.4 is 4.74 Å².